The van der Waals surface area contributed by atoms with Gasteiger partial charge in [0.2, 0.25) is 5.69 Å². The summed E-state index contributed by atoms with van der Waals surface area (Å²) in [5.74, 6) is -1.47. The number of hydrogen-bond donors (Lipinski definition) is 2. The lowest BCUT2D eigenvalue weighted by Gasteiger charge is -2.16. The van der Waals surface area contributed by atoms with E-state index in [4.69, 9.17) is 10.2 Å². The van der Waals surface area contributed by atoms with E-state index in [2.05, 4.69) is 75.1 Å². The summed E-state index contributed by atoms with van der Waals surface area (Å²) < 4.78 is 2.83. The molecule has 0 atom stereocenters. The molecule has 8 heteroatoms. The van der Waals surface area contributed by atoms with Gasteiger partial charge in [0.25, 0.3) is 0 Å². The van der Waals surface area contributed by atoms with Crippen LogP contribution in [0, 0.1) is 11.8 Å². The van der Waals surface area contributed by atoms with Crippen molar-refractivity contribution in [2.45, 2.75) is 52.9 Å². The van der Waals surface area contributed by atoms with Crippen LogP contribution in [0.4, 0.5) is 5.69 Å². The lowest BCUT2D eigenvalue weighted by molar-refractivity contribution is -0.438. The summed E-state index contributed by atoms with van der Waals surface area (Å²) in [5.41, 5.74) is 7.00. The number of aliphatic imine (C=N–C) groups is 1. The molecule has 3 aliphatic rings. The second-order valence-electron chi connectivity index (χ2n) is 9.56. The molecule has 2 heterocycles. The summed E-state index contributed by atoms with van der Waals surface area (Å²) in [6.45, 7) is 15.3. The van der Waals surface area contributed by atoms with Crippen LogP contribution in [0.3, 0.4) is 0 Å². The van der Waals surface area contributed by atoms with Crippen molar-refractivity contribution in [2.75, 3.05) is 11.0 Å². The molecule has 2 N–H and O–H groups in total. The van der Waals surface area contributed by atoms with Gasteiger partial charge in [-0.1, -0.05) is 47.4 Å². The van der Waals surface area contributed by atoms with Gasteiger partial charge in [-0.2, -0.15) is 4.58 Å². The first kappa shape index (κ1) is 32.1. The Morgan fingerprint density at radius 2 is 1.69 bits per heavy atom. The van der Waals surface area contributed by atoms with E-state index in [1.54, 1.807) is 0 Å². The third-order valence-electron chi connectivity index (χ3n) is 6.59. The molecule has 36 heavy (non-hydrogen) atoms. The van der Waals surface area contributed by atoms with Gasteiger partial charge in [0.1, 0.15) is 6.42 Å². The van der Waals surface area contributed by atoms with E-state index in [1.165, 1.54) is 16.8 Å². The number of alkyl halides is 1. The molecule has 1 aromatic carbocycles. The number of carbonyl (C=O) groups is 2. The maximum Gasteiger partial charge on any atom is 0.309 e. The van der Waals surface area contributed by atoms with Gasteiger partial charge in [-0.05, 0) is 27.7 Å². The Hall–Kier alpha value is -1.95. The lowest BCUT2D eigenvalue weighted by atomic mass is 9.80. The van der Waals surface area contributed by atoms with Gasteiger partial charge in [0, 0.05) is 29.1 Å². The molecule has 0 unspecified atom stereocenters. The Kier molecular flexibility index (Phi) is 12.1. The fraction of sp³-hybridized carbons (Fsp3) is 0.393. The Morgan fingerprint density at radius 3 is 2.22 bits per heavy atom. The monoisotopic (exact) mass is 717 g/mol. The minimum Gasteiger partial charge on any atom is -1.00 e. The van der Waals surface area contributed by atoms with Crippen molar-refractivity contribution in [3.8, 4) is 0 Å². The van der Waals surface area contributed by atoms with Crippen LogP contribution < -0.4 is 24.0 Å². The smallest absolute Gasteiger partial charge is 0.309 e. The van der Waals surface area contributed by atoms with Crippen LogP contribution in [0.5, 0.6) is 0 Å². The van der Waals surface area contributed by atoms with Gasteiger partial charge < -0.3 is 34.2 Å². The molecule has 1 aliphatic carbocycles. The average molecular weight is 717 g/mol. The van der Waals surface area contributed by atoms with Crippen molar-refractivity contribution in [1.29, 1.82) is 0 Å². The summed E-state index contributed by atoms with van der Waals surface area (Å²) in [6, 6.07) is 8.23. The summed E-state index contributed by atoms with van der Waals surface area (Å²) in [6.07, 6.45) is 8.67. The predicted octanol–water partition coefficient (Wildman–Crippen LogP) is 3.14. The summed E-state index contributed by atoms with van der Waals surface area (Å²) in [5, 5.41) is 16.7. The topological polar surface area (TPSA) is 90.0 Å². The van der Waals surface area contributed by atoms with E-state index >= 15 is 0 Å². The molecule has 2 aliphatic heterocycles. The standard InChI is InChI=1S/C14H17NO2.C11H12N.C3H5IO2.HI/c1-10-14(2,3)11-6-4-5-7-12(11)15(10)9-8-13(16)17;1-8-11(2,3)9-6-4-5-7-10(9)12-8;4-2-1-3(5)6;/h4-7H,8-9H2,1-3H3;4-7H,1H2,2-3H3;1-2H2,(H,5,6);1H/q;+1;;. The minimum absolute atomic E-state index is 0. The molecular formula is C28H35I2N2O4+. The first-order valence-corrected chi connectivity index (χ1v) is 13.1. The van der Waals surface area contributed by atoms with E-state index in [0.717, 1.165) is 17.1 Å². The summed E-state index contributed by atoms with van der Waals surface area (Å²) in [4.78, 5) is 24.7. The van der Waals surface area contributed by atoms with Gasteiger partial charge in [-0.25, -0.2) is 4.99 Å². The van der Waals surface area contributed by atoms with Crippen molar-refractivity contribution in [1.82, 2.24) is 0 Å². The molecule has 0 aromatic heterocycles. The fourth-order valence-electron chi connectivity index (χ4n) is 4.07. The number of aliphatic carboxylic acids is 2. The molecule has 4 rings (SSSR count). The number of carboxylic acids is 2. The highest BCUT2D eigenvalue weighted by Gasteiger charge is 2.43. The number of rotatable bonds is 5. The molecule has 0 saturated carbocycles. The summed E-state index contributed by atoms with van der Waals surface area (Å²) >= 11 is 2.02. The number of para-hydroxylation sites is 1. The van der Waals surface area contributed by atoms with Crippen LogP contribution in [0.25, 0.3) is 0 Å². The molecule has 0 saturated heterocycles. The van der Waals surface area contributed by atoms with E-state index in [0.29, 0.717) is 11.0 Å². The number of halogens is 2. The second kappa shape index (κ2) is 13.6. The van der Waals surface area contributed by atoms with Crippen molar-refractivity contribution in [3.63, 3.8) is 0 Å². The molecule has 6 nitrogen and oxygen atoms in total. The quantitative estimate of drug-likeness (QED) is 0.212. The maximum absolute atomic E-state index is 10.7. The SMILES string of the molecule is C=C1N=C2[CH+]C=CC=C2C1(C)C.CC1=[N+](CCC(=O)O)c2ccccc2C1(C)C.O=C(O)CCI.[I-]. The number of allylic oxidation sites excluding steroid dienone is 4. The zero-order valence-electron chi connectivity index (χ0n) is 21.5. The van der Waals surface area contributed by atoms with Crippen LogP contribution in [-0.4, -0.2) is 49.1 Å². The van der Waals surface area contributed by atoms with Crippen LogP contribution >= 0.6 is 22.6 Å². The number of fused-ring (bicyclic) bond motifs is 2. The fourth-order valence-corrected chi connectivity index (χ4v) is 4.53. The van der Waals surface area contributed by atoms with E-state index in [-0.39, 0.29) is 47.6 Å². The highest BCUT2D eigenvalue weighted by molar-refractivity contribution is 14.1. The number of benzene rings is 1. The van der Waals surface area contributed by atoms with Crippen molar-refractivity contribution >= 4 is 51.6 Å². The van der Waals surface area contributed by atoms with Crippen LogP contribution in [-0.2, 0) is 15.0 Å². The molecule has 194 valence electrons. The minimum atomic E-state index is -0.750. The van der Waals surface area contributed by atoms with Crippen molar-refractivity contribution in [2.24, 2.45) is 10.4 Å². The third kappa shape index (κ3) is 7.53. The third-order valence-corrected chi connectivity index (χ3v) is 7.13. The molecule has 0 amide bonds. The van der Waals surface area contributed by atoms with E-state index in [9.17, 15) is 9.59 Å². The summed E-state index contributed by atoms with van der Waals surface area (Å²) in [7, 11) is 0. The van der Waals surface area contributed by atoms with Gasteiger partial charge in [0.15, 0.2) is 18.0 Å². The highest BCUT2D eigenvalue weighted by atomic mass is 127. The van der Waals surface area contributed by atoms with Crippen LogP contribution in [0.15, 0.2) is 65.3 Å². The molecule has 0 spiro atoms. The molecule has 0 bridgehead atoms. The number of hydrogen-bond acceptors (Lipinski definition) is 3. The van der Waals surface area contributed by atoms with E-state index < -0.39 is 11.9 Å². The zero-order valence-corrected chi connectivity index (χ0v) is 25.8. The molecule has 1 aromatic rings. The van der Waals surface area contributed by atoms with Crippen LogP contribution in [0.1, 0.15) is 53.0 Å². The number of nitrogens with zero attached hydrogens (tertiary/aromatic N) is 2. The van der Waals surface area contributed by atoms with Crippen molar-refractivity contribution < 1.29 is 48.4 Å². The van der Waals surface area contributed by atoms with Crippen LogP contribution in [0.2, 0.25) is 0 Å². The first-order valence-electron chi connectivity index (χ1n) is 11.5. The normalized spacial score (nSPS) is 17.6. The molecule has 0 radical (unpaired) electrons. The Balaban J connectivity index is 0.000000298. The average Bonchev–Trinajstić information content (AvgIpc) is 3.14. The zero-order chi connectivity index (χ0) is 26.4. The molecular weight excluding hydrogens is 682 g/mol. The molecule has 0 fully saturated rings. The van der Waals surface area contributed by atoms with Gasteiger partial charge in [0.05, 0.1) is 47.1 Å². The lowest BCUT2D eigenvalue weighted by Crippen LogP contribution is -3.00. The highest BCUT2D eigenvalue weighted by Crippen LogP contribution is 2.42. The first-order chi connectivity index (χ1) is 16.3. The van der Waals surface area contributed by atoms with Crippen molar-refractivity contribution in [3.05, 3.63) is 72.3 Å². The Morgan fingerprint density at radius 1 is 1.08 bits per heavy atom. The largest absolute Gasteiger partial charge is 1.00 e. The number of carboxylic acid groups (broad SMARTS) is 2. The van der Waals surface area contributed by atoms with Gasteiger partial charge >= 0.3 is 11.9 Å². The van der Waals surface area contributed by atoms with Gasteiger partial charge in [-0.3, -0.25) is 9.59 Å². The Bertz CT molecular complexity index is 1130. The maximum atomic E-state index is 10.7. The van der Waals surface area contributed by atoms with E-state index in [1.807, 2.05) is 47.2 Å². The second-order valence-corrected chi connectivity index (χ2v) is 10.6. The van der Waals surface area contributed by atoms with Gasteiger partial charge in [-0.15, -0.1) is 0 Å². The predicted molar refractivity (Wildman–Crippen MR) is 150 cm³/mol. The Labute approximate surface area is 245 Å².